The molecule has 90 valence electrons. The molecule has 2 heterocycles. The van der Waals surface area contributed by atoms with Gasteiger partial charge in [0.05, 0.1) is 21.3 Å². The quantitative estimate of drug-likeness (QED) is 0.796. The Morgan fingerprint density at radius 1 is 1.41 bits per heavy atom. The number of pyridine rings is 1. The number of halogens is 2. The van der Waals surface area contributed by atoms with Crippen LogP contribution in [0.25, 0.3) is 5.52 Å². The number of rotatable bonds is 3. The fourth-order valence-electron chi connectivity index (χ4n) is 1.79. The van der Waals surface area contributed by atoms with Gasteiger partial charge in [0.25, 0.3) is 0 Å². The van der Waals surface area contributed by atoms with Crippen LogP contribution >= 0.6 is 23.2 Å². The molecule has 0 N–H and O–H groups in total. The van der Waals surface area contributed by atoms with Crippen molar-refractivity contribution in [2.45, 2.75) is 26.7 Å². The van der Waals surface area contributed by atoms with E-state index in [-0.39, 0.29) is 5.78 Å². The standard InChI is InChI=1S/C12H12Cl2N2O/c1-3-9-11(14)12-8(10(17)4-2)5-7(13)6-16(12)15-9/h5-6H,3-4H2,1-2H3. The van der Waals surface area contributed by atoms with Gasteiger partial charge in [-0.3, -0.25) is 4.79 Å². The number of hydrogen-bond donors (Lipinski definition) is 0. The van der Waals surface area contributed by atoms with Crippen molar-refractivity contribution in [1.82, 2.24) is 9.61 Å². The molecule has 0 amide bonds. The Kier molecular flexibility index (Phi) is 3.40. The summed E-state index contributed by atoms with van der Waals surface area (Å²) in [6.45, 7) is 3.78. The molecule has 0 fully saturated rings. The van der Waals surface area contributed by atoms with Crippen LogP contribution in [0.4, 0.5) is 0 Å². The van der Waals surface area contributed by atoms with Crippen molar-refractivity contribution in [3.63, 3.8) is 0 Å². The summed E-state index contributed by atoms with van der Waals surface area (Å²) in [7, 11) is 0. The van der Waals surface area contributed by atoms with E-state index in [2.05, 4.69) is 5.10 Å². The molecule has 2 aromatic rings. The molecule has 0 bridgehead atoms. The highest BCUT2D eigenvalue weighted by atomic mass is 35.5. The Morgan fingerprint density at radius 3 is 2.71 bits per heavy atom. The molecule has 2 rings (SSSR count). The minimum absolute atomic E-state index is 0.0157. The first kappa shape index (κ1) is 12.4. The predicted molar refractivity (Wildman–Crippen MR) is 69.2 cm³/mol. The molecule has 0 aliphatic rings. The number of carbonyl (C=O) groups excluding carboxylic acids is 1. The number of aromatic nitrogens is 2. The Labute approximate surface area is 109 Å². The molecule has 5 heteroatoms. The Morgan fingerprint density at radius 2 is 2.12 bits per heavy atom. The van der Waals surface area contributed by atoms with Gasteiger partial charge in [-0.15, -0.1) is 0 Å². The van der Waals surface area contributed by atoms with Crippen LogP contribution in [0.5, 0.6) is 0 Å². The van der Waals surface area contributed by atoms with E-state index in [1.54, 1.807) is 16.8 Å². The first-order valence-electron chi connectivity index (χ1n) is 5.47. The van der Waals surface area contributed by atoms with Gasteiger partial charge in [-0.25, -0.2) is 4.52 Å². The summed E-state index contributed by atoms with van der Waals surface area (Å²) in [6.07, 6.45) is 2.80. The minimum atomic E-state index is 0.0157. The zero-order chi connectivity index (χ0) is 12.6. The lowest BCUT2D eigenvalue weighted by atomic mass is 10.1. The smallest absolute Gasteiger partial charge is 0.164 e. The topological polar surface area (TPSA) is 34.4 Å². The highest BCUT2D eigenvalue weighted by Crippen LogP contribution is 2.28. The van der Waals surface area contributed by atoms with Gasteiger partial charge in [0.1, 0.15) is 0 Å². The summed E-state index contributed by atoms with van der Waals surface area (Å²) in [5, 5.41) is 5.34. The molecule has 0 aliphatic carbocycles. The molecular formula is C12H12Cl2N2O. The summed E-state index contributed by atoms with van der Waals surface area (Å²) in [6, 6.07) is 1.65. The summed E-state index contributed by atoms with van der Waals surface area (Å²) < 4.78 is 1.59. The van der Waals surface area contributed by atoms with Gasteiger partial charge in [-0.05, 0) is 12.5 Å². The number of ketones is 1. The SMILES string of the molecule is CCC(=O)c1cc(Cl)cn2nc(CC)c(Cl)c12. The average Bonchev–Trinajstić information content (AvgIpc) is 2.63. The third-order valence-electron chi connectivity index (χ3n) is 2.66. The summed E-state index contributed by atoms with van der Waals surface area (Å²) >= 11 is 12.2. The lowest BCUT2D eigenvalue weighted by molar-refractivity contribution is 0.0989. The molecule has 2 aromatic heterocycles. The van der Waals surface area contributed by atoms with Crippen LogP contribution in [0.15, 0.2) is 12.3 Å². The Hall–Kier alpha value is -1.06. The molecule has 0 aromatic carbocycles. The zero-order valence-electron chi connectivity index (χ0n) is 9.63. The maximum absolute atomic E-state index is 11.9. The molecule has 3 nitrogen and oxygen atoms in total. The number of nitrogens with zero attached hydrogens (tertiary/aromatic N) is 2. The average molecular weight is 271 g/mol. The van der Waals surface area contributed by atoms with Crippen LogP contribution in [0, 0.1) is 0 Å². The number of aryl methyl sites for hydroxylation is 1. The zero-order valence-corrected chi connectivity index (χ0v) is 11.1. The van der Waals surface area contributed by atoms with Gasteiger partial charge in [0.2, 0.25) is 0 Å². The van der Waals surface area contributed by atoms with Crippen molar-refractivity contribution < 1.29 is 4.79 Å². The second-order valence-electron chi connectivity index (χ2n) is 3.76. The molecule has 0 saturated heterocycles. The second-order valence-corrected chi connectivity index (χ2v) is 4.57. The van der Waals surface area contributed by atoms with Crippen molar-refractivity contribution in [3.05, 3.63) is 33.6 Å². The third kappa shape index (κ3) is 2.05. The van der Waals surface area contributed by atoms with Crippen molar-refractivity contribution in [3.8, 4) is 0 Å². The largest absolute Gasteiger partial charge is 0.294 e. The van der Waals surface area contributed by atoms with E-state index in [1.165, 1.54) is 0 Å². The summed E-state index contributed by atoms with van der Waals surface area (Å²) in [5.41, 5.74) is 1.97. The Balaban J connectivity index is 2.81. The van der Waals surface area contributed by atoms with Gasteiger partial charge in [0.15, 0.2) is 5.78 Å². The molecule has 17 heavy (non-hydrogen) atoms. The molecule has 0 radical (unpaired) electrons. The van der Waals surface area contributed by atoms with Crippen LogP contribution in [-0.4, -0.2) is 15.4 Å². The maximum atomic E-state index is 11.9. The monoisotopic (exact) mass is 270 g/mol. The normalized spacial score (nSPS) is 11.1. The van der Waals surface area contributed by atoms with E-state index in [0.29, 0.717) is 27.5 Å². The van der Waals surface area contributed by atoms with E-state index < -0.39 is 0 Å². The lowest BCUT2D eigenvalue weighted by Crippen LogP contribution is -2.01. The van der Waals surface area contributed by atoms with E-state index in [9.17, 15) is 4.79 Å². The fourth-order valence-corrected chi connectivity index (χ4v) is 2.35. The van der Waals surface area contributed by atoms with Crippen LogP contribution in [0.3, 0.4) is 0 Å². The first-order valence-corrected chi connectivity index (χ1v) is 6.23. The molecule has 0 atom stereocenters. The lowest BCUT2D eigenvalue weighted by Gasteiger charge is -2.03. The van der Waals surface area contributed by atoms with Crippen molar-refractivity contribution in [1.29, 1.82) is 0 Å². The third-order valence-corrected chi connectivity index (χ3v) is 3.26. The fraction of sp³-hybridized carbons (Fsp3) is 0.333. The molecule has 0 unspecified atom stereocenters. The van der Waals surface area contributed by atoms with E-state index in [1.807, 2.05) is 13.8 Å². The predicted octanol–water partition coefficient (Wildman–Crippen LogP) is 3.80. The van der Waals surface area contributed by atoms with Gasteiger partial charge < -0.3 is 0 Å². The summed E-state index contributed by atoms with van der Waals surface area (Å²) in [5.74, 6) is 0.0157. The Bertz CT molecular complexity index is 590. The van der Waals surface area contributed by atoms with Gasteiger partial charge in [0, 0.05) is 18.2 Å². The molecular weight excluding hydrogens is 259 g/mol. The first-order chi connectivity index (χ1) is 8.08. The van der Waals surface area contributed by atoms with Gasteiger partial charge in [-0.1, -0.05) is 37.0 Å². The van der Waals surface area contributed by atoms with Crippen molar-refractivity contribution >= 4 is 34.5 Å². The van der Waals surface area contributed by atoms with Crippen LogP contribution in [0.1, 0.15) is 36.3 Å². The van der Waals surface area contributed by atoms with Gasteiger partial charge in [-0.2, -0.15) is 5.10 Å². The van der Waals surface area contributed by atoms with Crippen molar-refractivity contribution in [2.24, 2.45) is 0 Å². The highest BCUT2D eigenvalue weighted by Gasteiger charge is 2.17. The number of fused-ring (bicyclic) bond motifs is 1. The number of hydrogen-bond acceptors (Lipinski definition) is 2. The molecule has 0 saturated carbocycles. The van der Waals surface area contributed by atoms with Crippen molar-refractivity contribution in [2.75, 3.05) is 0 Å². The van der Waals surface area contributed by atoms with E-state index >= 15 is 0 Å². The second kappa shape index (κ2) is 4.67. The van der Waals surface area contributed by atoms with Gasteiger partial charge >= 0.3 is 0 Å². The number of carbonyl (C=O) groups is 1. The number of Topliss-reactive ketones (excluding diaryl/α,β-unsaturated/α-hetero) is 1. The molecule has 0 spiro atoms. The van der Waals surface area contributed by atoms with Crippen LogP contribution in [-0.2, 0) is 6.42 Å². The molecule has 0 aliphatic heterocycles. The van der Waals surface area contributed by atoms with E-state index in [4.69, 9.17) is 23.2 Å². The highest BCUT2D eigenvalue weighted by molar-refractivity contribution is 6.36. The maximum Gasteiger partial charge on any atom is 0.164 e. The van der Waals surface area contributed by atoms with Crippen LogP contribution in [0.2, 0.25) is 10.0 Å². The van der Waals surface area contributed by atoms with Crippen LogP contribution < -0.4 is 0 Å². The minimum Gasteiger partial charge on any atom is -0.294 e. The van der Waals surface area contributed by atoms with E-state index in [0.717, 1.165) is 12.1 Å². The summed E-state index contributed by atoms with van der Waals surface area (Å²) in [4.78, 5) is 11.9.